The molecule has 0 aliphatic carbocycles. The Morgan fingerprint density at radius 3 is 3.12 bits per heavy atom. The number of hydrogen-bond acceptors (Lipinski definition) is 4. The molecule has 4 nitrogen and oxygen atoms in total. The zero-order valence-corrected chi connectivity index (χ0v) is 9.98. The molecule has 0 N–H and O–H groups in total. The molecule has 1 aliphatic rings. The van der Waals surface area contributed by atoms with E-state index >= 15 is 0 Å². The molecule has 5 heteroatoms. The molecule has 1 atom stereocenters. The minimum Gasteiger partial charge on any atom is -0.381 e. The topological polar surface area (TPSA) is 39.4 Å². The third kappa shape index (κ3) is 1.33. The number of rotatable bonds is 1. The fourth-order valence-corrected chi connectivity index (χ4v) is 3.37. The largest absolute Gasteiger partial charge is 0.381 e. The van der Waals surface area contributed by atoms with E-state index in [1.165, 1.54) is 10.2 Å². The van der Waals surface area contributed by atoms with Crippen LogP contribution >= 0.6 is 11.3 Å². The van der Waals surface area contributed by atoms with Crippen molar-refractivity contribution < 1.29 is 4.74 Å². The van der Waals surface area contributed by atoms with Gasteiger partial charge in [-0.15, -0.1) is 10.2 Å². The summed E-state index contributed by atoms with van der Waals surface area (Å²) in [6.07, 6.45) is 1.05. The minimum atomic E-state index is 0.392. The zero-order chi connectivity index (χ0) is 11.2. The lowest BCUT2D eigenvalue weighted by atomic mass is 10.1. The third-order valence-electron chi connectivity index (χ3n) is 3.26. The fraction of sp³-hybridized carbons (Fsp3) is 0.333. The Balaban J connectivity index is 2.02. The van der Waals surface area contributed by atoms with Crippen molar-refractivity contribution in [2.24, 2.45) is 0 Å². The maximum atomic E-state index is 5.44. The lowest BCUT2D eigenvalue weighted by Crippen LogP contribution is -2.03. The van der Waals surface area contributed by atoms with E-state index in [1.54, 1.807) is 11.3 Å². The normalized spacial score (nSPS) is 20.6. The summed E-state index contributed by atoms with van der Waals surface area (Å²) < 4.78 is 8.88. The number of nitrogens with zero attached hydrogens (tertiary/aromatic N) is 3. The fourth-order valence-electron chi connectivity index (χ4n) is 2.40. The van der Waals surface area contributed by atoms with Crippen molar-refractivity contribution in [3.63, 3.8) is 0 Å². The molecule has 1 aliphatic heterocycles. The molecule has 3 aromatic rings. The summed E-state index contributed by atoms with van der Waals surface area (Å²) in [6.45, 7) is 1.60. The Bertz CT molecular complexity index is 681. The Labute approximate surface area is 102 Å². The number of para-hydroxylation sites is 1. The second-order valence-electron chi connectivity index (χ2n) is 4.31. The van der Waals surface area contributed by atoms with E-state index in [1.807, 2.05) is 0 Å². The third-order valence-corrected chi connectivity index (χ3v) is 4.27. The van der Waals surface area contributed by atoms with Gasteiger partial charge in [0.1, 0.15) is 5.82 Å². The SMILES string of the molecule is c1ccc2c(c1)sc1nnc(C3CCOC3)n12. The second kappa shape index (κ2) is 3.51. The molecule has 1 saturated heterocycles. The highest BCUT2D eigenvalue weighted by Crippen LogP contribution is 2.31. The molecule has 2 aromatic heterocycles. The first kappa shape index (κ1) is 9.56. The van der Waals surface area contributed by atoms with Crippen LogP contribution in [-0.2, 0) is 4.74 Å². The average molecular weight is 245 g/mol. The van der Waals surface area contributed by atoms with Crippen LogP contribution in [0.5, 0.6) is 0 Å². The predicted octanol–water partition coefficient (Wildman–Crippen LogP) is 2.45. The van der Waals surface area contributed by atoms with Crippen LogP contribution in [0.1, 0.15) is 18.2 Å². The molecule has 86 valence electrons. The van der Waals surface area contributed by atoms with Crippen molar-refractivity contribution >= 4 is 26.5 Å². The lowest BCUT2D eigenvalue weighted by Gasteiger charge is -2.04. The van der Waals surface area contributed by atoms with Gasteiger partial charge < -0.3 is 4.74 Å². The smallest absolute Gasteiger partial charge is 0.217 e. The molecule has 1 fully saturated rings. The number of benzene rings is 1. The summed E-state index contributed by atoms with van der Waals surface area (Å²) in [4.78, 5) is 0.980. The Hall–Kier alpha value is -1.46. The highest BCUT2D eigenvalue weighted by molar-refractivity contribution is 7.23. The first-order valence-corrected chi connectivity index (χ1v) is 6.55. The maximum Gasteiger partial charge on any atom is 0.217 e. The van der Waals surface area contributed by atoms with Gasteiger partial charge in [0.15, 0.2) is 0 Å². The summed E-state index contributed by atoms with van der Waals surface area (Å²) in [6, 6.07) is 8.37. The van der Waals surface area contributed by atoms with Crippen molar-refractivity contribution in [2.45, 2.75) is 12.3 Å². The van der Waals surface area contributed by atoms with Gasteiger partial charge in [-0.3, -0.25) is 4.40 Å². The molecular weight excluding hydrogens is 234 g/mol. The molecule has 0 radical (unpaired) electrons. The summed E-state index contributed by atoms with van der Waals surface area (Å²) >= 11 is 1.69. The van der Waals surface area contributed by atoms with Gasteiger partial charge in [-0.25, -0.2) is 0 Å². The molecule has 0 amide bonds. The van der Waals surface area contributed by atoms with Crippen LogP contribution in [0.2, 0.25) is 0 Å². The van der Waals surface area contributed by atoms with Crippen molar-refractivity contribution in [3.8, 4) is 0 Å². The Morgan fingerprint density at radius 2 is 2.24 bits per heavy atom. The van der Waals surface area contributed by atoms with Gasteiger partial charge in [-0.2, -0.15) is 0 Å². The number of fused-ring (bicyclic) bond motifs is 3. The van der Waals surface area contributed by atoms with Crippen LogP contribution in [0.3, 0.4) is 0 Å². The summed E-state index contributed by atoms with van der Waals surface area (Å²) in [7, 11) is 0. The molecule has 0 spiro atoms. The molecule has 4 rings (SSSR count). The highest BCUT2D eigenvalue weighted by Gasteiger charge is 2.24. The summed E-state index contributed by atoms with van der Waals surface area (Å²) in [5.74, 6) is 1.44. The van der Waals surface area contributed by atoms with E-state index < -0.39 is 0 Å². The maximum absolute atomic E-state index is 5.44. The van der Waals surface area contributed by atoms with Crippen molar-refractivity contribution in [1.82, 2.24) is 14.6 Å². The van der Waals surface area contributed by atoms with E-state index in [0.29, 0.717) is 5.92 Å². The summed E-state index contributed by atoms with van der Waals surface area (Å²) in [5.41, 5.74) is 1.21. The molecule has 0 bridgehead atoms. The van der Waals surface area contributed by atoms with Crippen LogP contribution in [0.4, 0.5) is 0 Å². The van der Waals surface area contributed by atoms with Crippen LogP contribution in [0.15, 0.2) is 24.3 Å². The standard InChI is InChI=1S/C12H11N3OS/c1-2-4-10-9(3-1)15-11(8-5-6-16-7-8)13-14-12(15)17-10/h1-4,8H,5-7H2. The number of hydrogen-bond donors (Lipinski definition) is 0. The van der Waals surface area contributed by atoms with Crippen LogP contribution in [0, 0.1) is 0 Å². The number of ether oxygens (including phenoxy) is 1. The van der Waals surface area contributed by atoms with Gasteiger partial charge in [0.05, 0.1) is 16.8 Å². The molecule has 3 heterocycles. The number of aromatic nitrogens is 3. The Kier molecular flexibility index (Phi) is 1.98. The van der Waals surface area contributed by atoms with Gasteiger partial charge in [-0.1, -0.05) is 23.5 Å². The Morgan fingerprint density at radius 1 is 1.29 bits per heavy atom. The lowest BCUT2D eigenvalue weighted by molar-refractivity contribution is 0.193. The van der Waals surface area contributed by atoms with E-state index in [0.717, 1.165) is 30.4 Å². The van der Waals surface area contributed by atoms with Crippen molar-refractivity contribution in [3.05, 3.63) is 30.1 Å². The van der Waals surface area contributed by atoms with Crippen LogP contribution in [0.25, 0.3) is 15.2 Å². The van der Waals surface area contributed by atoms with E-state index in [2.05, 4.69) is 38.9 Å². The van der Waals surface area contributed by atoms with Crippen molar-refractivity contribution in [1.29, 1.82) is 0 Å². The monoisotopic (exact) mass is 245 g/mol. The van der Waals surface area contributed by atoms with Gasteiger partial charge in [0.2, 0.25) is 4.96 Å². The molecule has 17 heavy (non-hydrogen) atoms. The predicted molar refractivity (Wildman–Crippen MR) is 66.5 cm³/mol. The van der Waals surface area contributed by atoms with Gasteiger partial charge >= 0.3 is 0 Å². The van der Waals surface area contributed by atoms with E-state index in [-0.39, 0.29) is 0 Å². The molecule has 1 unspecified atom stereocenters. The van der Waals surface area contributed by atoms with Crippen LogP contribution in [-0.4, -0.2) is 27.8 Å². The van der Waals surface area contributed by atoms with Gasteiger partial charge in [-0.05, 0) is 18.6 Å². The average Bonchev–Trinajstić information content (AvgIpc) is 3.04. The van der Waals surface area contributed by atoms with Gasteiger partial charge in [0, 0.05) is 12.5 Å². The quantitative estimate of drug-likeness (QED) is 0.661. The van der Waals surface area contributed by atoms with Crippen LogP contribution < -0.4 is 0 Å². The minimum absolute atomic E-state index is 0.392. The van der Waals surface area contributed by atoms with Crippen molar-refractivity contribution in [2.75, 3.05) is 13.2 Å². The molecule has 1 aromatic carbocycles. The second-order valence-corrected chi connectivity index (χ2v) is 5.32. The van der Waals surface area contributed by atoms with E-state index in [9.17, 15) is 0 Å². The molecule has 0 saturated carbocycles. The van der Waals surface area contributed by atoms with Gasteiger partial charge in [0.25, 0.3) is 0 Å². The zero-order valence-electron chi connectivity index (χ0n) is 9.17. The summed E-state index contributed by atoms with van der Waals surface area (Å²) in [5, 5.41) is 8.61. The van der Waals surface area contributed by atoms with E-state index in [4.69, 9.17) is 4.74 Å². The highest BCUT2D eigenvalue weighted by atomic mass is 32.1. The number of thiazole rings is 1. The first-order chi connectivity index (χ1) is 8.43. The first-order valence-electron chi connectivity index (χ1n) is 5.74. The molecular formula is C12H11N3OS.